The fourth-order valence-corrected chi connectivity index (χ4v) is 3.51. The summed E-state index contributed by atoms with van der Waals surface area (Å²) < 4.78 is 50.4. The van der Waals surface area contributed by atoms with Gasteiger partial charge < -0.3 is 18.9 Å². The maximum absolute atomic E-state index is 14.7. The molecule has 0 aromatic heterocycles. The minimum Gasteiger partial charge on any atom is -0.493 e. The van der Waals surface area contributed by atoms with Gasteiger partial charge in [-0.1, -0.05) is 13.3 Å². The average molecular weight is 457 g/mol. The van der Waals surface area contributed by atoms with E-state index in [1.54, 1.807) is 4.90 Å². The number of carbonyl (C=O) groups is 3. The standard InChI is InChI=1S/C22H29F2NO7/c1-5-6-7-29-16-8-18(23)17(19(24)9-16)10-25-11-20(30-13(2)26)22(32-15(4)28)21(12-25)31-14(3)27/h8-9,20-22H,5-7,10-12H2,1-4H3. The Kier molecular flexibility index (Phi) is 9.37. The van der Waals surface area contributed by atoms with Gasteiger partial charge in [0, 0.05) is 58.1 Å². The van der Waals surface area contributed by atoms with Crippen molar-refractivity contribution >= 4 is 17.9 Å². The smallest absolute Gasteiger partial charge is 0.303 e. The third-order valence-corrected chi connectivity index (χ3v) is 4.81. The highest BCUT2D eigenvalue weighted by molar-refractivity contribution is 5.68. The summed E-state index contributed by atoms with van der Waals surface area (Å²) in [5, 5.41) is 0. The number of benzene rings is 1. The number of esters is 3. The van der Waals surface area contributed by atoms with E-state index < -0.39 is 47.9 Å². The fourth-order valence-electron chi connectivity index (χ4n) is 3.51. The Balaban J connectivity index is 2.24. The second-order valence-corrected chi connectivity index (χ2v) is 7.63. The van der Waals surface area contributed by atoms with Crippen molar-refractivity contribution in [1.82, 2.24) is 4.90 Å². The lowest BCUT2D eigenvalue weighted by Gasteiger charge is -2.41. The summed E-state index contributed by atoms with van der Waals surface area (Å²) >= 11 is 0. The highest BCUT2D eigenvalue weighted by Gasteiger charge is 2.43. The first kappa shape index (κ1) is 25.5. The van der Waals surface area contributed by atoms with Gasteiger partial charge in [-0.3, -0.25) is 19.3 Å². The Bertz CT molecular complexity index is 783. The molecule has 2 unspecified atom stereocenters. The molecule has 0 amide bonds. The molecule has 1 saturated heterocycles. The fraction of sp³-hybridized carbons (Fsp3) is 0.591. The van der Waals surface area contributed by atoms with Crippen LogP contribution in [-0.2, 0) is 35.1 Å². The number of likely N-dealkylation sites (tertiary alicyclic amines) is 1. The number of carbonyl (C=O) groups excluding carboxylic acids is 3. The SMILES string of the molecule is CCCCOc1cc(F)c(CN2CC(OC(C)=O)C(OC(C)=O)C(OC(C)=O)C2)c(F)c1. The molecule has 2 rings (SSSR count). The van der Waals surface area contributed by atoms with Gasteiger partial charge in [-0.15, -0.1) is 0 Å². The van der Waals surface area contributed by atoms with Crippen LogP contribution in [0, 0.1) is 11.6 Å². The molecule has 1 aliphatic heterocycles. The van der Waals surface area contributed by atoms with E-state index in [1.807, 2.05) is 6.92 Å². The summed E-state index contributed by atoms with van der Waals surface area (Å²) in [6.45, 7) is 5.72. The predicted molar refractivity (Wildman–Crippen MR) is 109 cm³/mol. The third-order valence-electron chi connectivity index (χ3n) is 4.81. The number of piperidine rings is 1. The van der Waals surface area contributed by atoms with Crippen molar-refractivity contribution in [3.63, 3.8) is 0 Å². The average Bonchev–Trinajstić information content (AvgIpc) is 2.66. The zero-order valence-electron chi connectivity index (χ0n) is 18.7. The number of rotatable bonds is 9. The van der Waals surface area contributed by atoms with Gasteiger partial charge in [0.15, 0.2) is 18.3 Å². The summed E-state index contributed by atoms with van der Waals surface area (Å²) in [6.07, 6.45) is -1.37. The van der Waals surface area contributed by atoms with E-state index in [0.29, 0.717) is 6.61 Å². The van der Waals surface area contributed by atoms with Crippen molar-refractivity contribution in [2.24, 2.45) is 0 Å². The topological polar surface area (TPSA) is 91.4 Å². The van der Waals surface area contributed by atoms with Gasteiger partial charge in [0.25, 0.3) is 0 Å². The predicted octanol–water partition coefficient (Wildman–Crippen LogP) is 2.75. The van der Waals surface area contributed by atoms with Crippen LogP contribution in [0.3, 0.4) is 0 Å². The van der Waals surface area contributed by atoms with Gasteiger partial charge in [-0.05, 0) is 6.42 Å². The minimum atomic E-state index is -1.04. The van der Waals surface area contributed by atoms with Crippen molar-refractivity contribution in [1.29, 1.82) is 0 Å². The second kappa shape index (κ2) is 11.8. The molecule has 0 N–H and O–H groups in total. The monoisotopic (exact) mass is 457 g/mol. The summed E-state index contributed by atoms with van der Waals surface area (Å²) in [5.41, 5.74) is -0.207. The first-order valence-corrected chi connectivity index (χ1v) is 10.4. The minimum absolute atomic E-state index is 0.0168. The molecule has 1 aromatic carbocycles. The number of ether oxygens (including phenoxy) is 4. The van der Waals surface area contributed by atoms with Crippen molar-refractivity contribution in [3.05, 3.63) is 29.3 Å². The molecule has 8 nitrogen and oxygen atoms in total. The van der Waals surface area contributed by atoms with Gasteiger partial charge >= 0.3 is 17.9 Å². The van der Waals surface area contributed by atoms with Gasteiger partial charge in [0.2, 0.25) is 0 Å². The normalized spacial score (nSPS) is 21.0. The quantitative estimate of drug-likeness (QED) is 0.318. The van der Waals surface area contributed by atoms with Crippen LogP contribution < -0.4 is 4.74 Å². The molecule has 178 valence electrons. The number of unbranched alkanes of at least 4 members (excludes halogenated alkanes) is 1. The summed E-state index contributed by atoms with van der Waals surface area (Å²) in [7, 11) is 0. The van der Waals surface area contributed by atoms with Gasteiger partial charge in [0.1, 0.15) is 17.4 Å². The maximum Gasteiger partial charge on any atom is 0.303 e. The highest BCUT2D eigenvalue weighted by Crippen LogP contribution is 2.26. The van der Waals surface area contributed by atoms with Crippen LogP contribution in [0.5, 0.6) is 5.75 Å². The molecule has 10 heteroatoms. The van der Waals surface area contributed by atoms with Crippen molar-refractivity contribution in [2.75, 3.05) is 19.7 Å². The molecule has 1 heterocycles. The van der Waals surface area contributed by atoms with Gasteiger partial charge in [-0.2, -0.15) is 0 Å². The Morgan fingerprint density at radius 1 is 0.938 bits per heavy atom. The lowest BCUT2D eigenvalue weighted by Crippen LogP contribution is -2.58. The number of halogens is 2. The van der Waals surface area contributed by atoms with E-state index in [9.17, 15) is 23.2 Å². The van der Waals surface area contributed by atoms with Crippen LogP contribution in [0.25, 0.3) is 0 Å². The van der Waals surface area contributed by atoms with Crippen LogP contribution in [0.1, 0.15) is 46.1 Å². The van der Waals surface area contributed by atoms with Gasteiger partial charge in [0.05, 0.1) is 6.61 Å². The van der Waals surface area contributed by atoms with Crippen molar-refractivity contribution in [3.8, 4) is 5.75 Å². The van der Waals surface area contributed by atoms with Crippen LogP contribution >= 0.6 is 0 Å². The molecule has 32 heavy (non-hydrogen) atoms. The highest BCUT2D eigenvalue weighted by atomic mass is 19.1. The molecule has 0 saturated carbocycles. The first-order valence-electron chi connectivity index (χ1n) is 10.4. The maximum atomic E-state index is 14.7. The number of hydrogen-bond donors (Lipinski definition) is 0. The van der Waals surface area contributed by atoms with E-state index >= 15 is 0 Å². The largest absolute Gasteiger partial charge is 0.493 e. The van der Waals surface area contributed by atoms with Crippen LogP contribution in [0.4, 0.5) is 8.78 Å². The Labute approximate surface area is 185 Å². The number of hydrogen-bond acceptors (Lipinski definition) is 8. The Morgan fingerprint density at radius 3 is 1.88 bits per heavy atom. The van der Waals surface area contributed by atoms with E-state index in [0.717, 1.165) is 25.0 Å². The molecule has 1 aliphatic rings. The molecule has 0 radical (unpaired) electrons. The van der Waals surface area contributed by atoms with Crippen LogP contribution in [0.15, 0.2) is 12.1 Å². The summed E-state index contributed by atoms with van der Waals surface area (Å²) in [5.74, 6) is -3.39. The van der Waals surface area contributed by atoms with Crippen LogP contribution in [-0.4, -0.2) is 60.8 Å². The molecule has 1 aromatic rings. The molecule has 0 aliphatic carbocycles. The van der Waals surface area contributed by atoms with E-state index in [4.69, 9.17) is 18.9 Å². The van der Waals surface area contributed by atoms with E-state index in [2.05, 4.69) is 0 Å². The molecule has 0 spiro atoms. The van der Waals surface area contributed by atoms with E-state index in [1.165, 1.54) is 20.8 Å². The molecule has 0 bridgehead atoms. The van der Waals surface area contributed by atoms with Crippen molar-refractivity contribution in [2.45, 2.75) is 65.4 Å². The lowest BCUT2D eigenvalue weighted by molar-refractivity contribution is -0.195. The molecular formula is C22H29F2NO7. The third kappa shape index (κ3) is 7.44. The summed E-state index contributed by atoms with van der Waals surface area (Å²) in [6, 6.07) is 2.24. The Hall–Kier alpha value is -2.75. The lowest BCUT2D eigenvalue weighted by atomic mass is 10.00. The Morgan fingerprint density at radius 2 is 1.44 bits per heavy atom. The first-order chi connectivity index (χ1) is 15.1. The molecular weight excluding hydrogens is 428 g/mol. The number of nitrogens with zero attached hydrogens (tertiary/aromatic N) is 1. The molecule has 1 fully saturated rings. The van der Waals surface area contributed by atoms with Crippen LogP contribution in [0.2, 0.25) is 0 Å². The zero-order chi connectivity index (χ0) is 23.8. The zero-order valence-corrected chi connectivity index (χ0v) is 18.7. The van der Waals surface area contributed by atoms with E-state index in [-0.39, 0.29) is 30.9 Å². The van der Waals surface area contributed by atoms with Gasteiger partial charge in [-0.25, -0.2) is 8.78 Å². The molecule has 2 atom stereocenters. The summed E-state index contributed by atoms with van der Waals surface area (Å²) in [4.78, 5) is 36.2. The van der Waals surface area contributed by atoms with Crippen molar-refractivity contribution < 1.29 is 42.1 Å². The second-order valence-electron chi connectivity index (χ2n) is 7.63.